The van der Waals surface area contributed by atoms with Gasteiger partial charge in [0.05, 0.1) is 7.11 Å². The van der Waals surface area contributed by atoms with E-state index < -0.39 is 6.09 Å². The highest BCUT2D eigenvalue weighted by atomic mass is 16.6. The third-order valence-corrected chi connectivity index (χ3v) is 5.62. The number of primary amides is 1. The van der Waals surface area contributed by atoms with Crippen molar-refractivity contribution in [3.63, 3.8) is 0 Å². The molecule has 2 N–H and O–H groups in total. The highest BCUT2D eigenvalue weighted by Gasteiger charge is 2.30. The zero-order valence-electron chi connectivity index (χ0n) is 17.5. The predicted molar refractivity (Wildman–Crippen MR) is 115 cm³/mol. The Morgan fingerprint density at radius 1 is 1.07 bits per heavy atom. The smallest absolute Gasteiger partial charge is 0.405 e. The van der Waals surface area contributed by atoms with Crippen molar-refractivity contribution >= 4 is 11.8 Å². The predicted octanol–water partition coefficient (Wildman–Crippen LogP) is 3.82. The van der Waals surface area contributed by atoms with Gasteiger partial charge in [-0.2, -0.15) is 0 Å². The number of hydrogen-bond acceptors (Lipinski definition) is 5. The Morgan fingerprint density at radius 2 is 1.69 bits per heavy atom. The molecule has 3 rings (SSSR count). The monoisotopic (exact) mass is 397 g/mol. The molecule has 2 aromatic carbocycles. The van der Waals surface area contributed by atoms with Crippen LogP contribution in [0.5, 0.6) is 5.75 Å². The molecule has 1 aliphatic rings. The van der Waals surface area contributed by atoms with Crippen LogP contribution in [-0.2, 0) is 4.74 Å². The van der Waals surface area contributed by atoms with Gasteiger partial charge in [-0.05, 0) is 43.7 Å². The van der Waals surface area contributed by atoms with Gasteiger partial charge in [-0.3, -0.25) is 4.90 Å². The van der Waals surface area contributed by atoms with Crippen molar-refractivity contribution < 1.29 is 14.3 Å². The molecule has 6 nitrogen and oxygen atoms in total. The molecule has 6 heteroatoms. The number of methoxy groups -OCH3 is 1. The summed E-state index contributed by atoms with van der Waals surface area (Å²) in [5.74, 6) is 0.870. The molecular formula is C23H31N3O3. The lowest BCUT2D eigenvalue weighted by Gasteiger charge is -2.45. The number of carbonyl (C=O) groups is 1. The minimum Gasteiger partial charge on any atom is -0.497 e. The Hall–Kier alpha value is -2.73. The number of benzene rings is 2. The Labute approximate surface area is 173 Å². The molecule has 0 aromatic heterocycles. The number of anilines is 1. The van der Waals surface area contributed by atoms with E-state index in [0.29, 0.717) is 18.5 Å². The standard InChI is InChI=1S/C23H31N3O3/c1-17-15-25(20-9-11-21(28-3)12-10-20)16-18(2)26(17)14-13-22(29-23(24)27)19-7-5-4-6-8-19/h4-12,17-18,22H,13-16H2,1-3H3,(H2,24,27)/t17-,18?,22?/m1/s1. The molecular weight excluding hydrogens is 366 g/mol. The summed E-state index contributed by atoms with van der Waals surface area (Å²) in [5, 5.41) is 0. The lowest BCUT2D eigenvalue weighted by Crippen LogP contribution is -2.57. The molecule has 3 atom stereocenters. The number of carbonyl (C=O) groups excluding carboxylic acids is 1. The molecule has 0 spiro atoms. The summed E-state index contributed by atoms with van der Waals surface area (Å²) >= 11 is 0. The van der Waals surface area contributed by atoms with Crippen molar-refractivity contribution in [2.24, 2.45) is 5.73 Å². The summed E-state index contributed by atoms with van der Waals surface area (Å²) in [6, 6.07) is 18.8. The average Bonchev–Trinajstić information content (AvgIpc) is 2.72. The molecule has 1 fully saturated rings. The van der Waals surface area contributed by atoms with Crippen LogP contribution in [0.2, 0.25) is 0 Å². The van der Waals surface area contributed by atoms with Gasteiger partial charge in [0.2, 0.25) is 0 Å². The first kappa shape index (κ1) is 21.0. The summed E-state index contributed by atoms with van der Waals surface area (Å²) in [7, 11) is 1.68. The maximum atomic E-state index is 11.4. The summed E-state index contributed by atoms with van der Waals surface area (Å²) in [4.78, 5) is 16.3. The van der Waals surface area contributed by atoms with E-state index in [9.17, 15) is 4.79 Å². The molecule has 0 radical (unpaired) electrons. The second-order valence-electron chi connectivity index (χ2n) is 7.66. The Bertz CT molecular complexity index is 770. The SMILES string of the molecule is COc1ccc(N2CC(C)N(CCC(OC(N)=O)c3ccccc3)[C@H](C)C2)cc1. The lowest BCUT2D eigenvalue weighted by molar-refractivity contribution is 0.0720. The maximum absolute atomic E-state index is 11.4. The molecule has 1 heterocycles. The number of hydrogen-bond donors (Lipinski definition) is 1. The minimum atomic E-state index is -0.732. The van der Waals surface area contributed by atoms with Gasteiger partial charge in [0.1, 0.15) is 11.9 Å². The van der Waals surface area contributed by atoms with Crippen LogP contribution in [0, 0.1) is 0 Å². The van der Waals surface area contributed by atoms with Gasteiger partial charge >= 0.3 is 6.09 Å². The fraction of sp³-hybridized carbons (Fsp3) is 0.435. The third-order valence-electron chi connectivity index (χ3n) is 5.62. The summed E-state index contributed by atoms with van der Waals surface area (Å²) in [5.41, 5.74) is 7.49. The summed E-state index contributed by atoms with van der Waals surface area (Å²) in [6.07, 6.45) is -0.346. The molecule has 0 saturated carbocycles. The van der Waals surface area contributed by atoms with Crippen LogP contribution in [0.15, 0.2) is 54.6 Å². The van der Waals surface area contributed by atoms with Crippen molar-refractivity contribution in [3.05, 3.63) is 60.2 Å². The Morgan fingerprint density at radius 3 is 2.24 bits per heavy atom. The second-order valence-corrected chi connectivity index (χ2v) is 7.66. The molecule has 29 heavy (non-hydrogen) atoms. The fourth-order valence-electron chi connectivity index (χ4n) is 4.17. The number of amides is 1. The van der Waals surface area contributed by atoms with Crippen molar-refractivity contribution in [1.29, 1.82) is 0 Å². The molecule has 1 saturated heterocycles. The van der Waals surface area contributed by atoms with Gasteiger partial charge in [0.15, 0.2) is 0 Å². The lowest BCUT2D eigenvalue weighted by atomic mass is 10.0. The van der Waals surface area contributed by atoms with Crippen molar-refractivity contribution in [1.82, 2.24) is 4.90 Å². The molecule has 0 aliphatic carbocycles. The zero-order valence-corrected chi connectivity index (χ0v) is 17.5. The van der Waals surface area contributed by atoms with Gasteiger partial charge in [-0.15, -0.1) is 0 Å². The van der Waals surface area contributed by atoms with Gasteiger partial charge in [0.25, 0.3) is 0 Å². The topological polar surface area (TPSA) is 68.0 Å². The van der Waals surface area contributed by atoms with Crippen molar-refractivity contribution in [2.75, 3.05) is 31.6 Å². The number of rotatable bonds is 7. The minimum absolute atomic E-state index is 0.326. The van der Waals surface area contributed by atoms with E-state index in [1.807, 2.05) is 42.5 Å². The highest BCUT2D eigenvalue weighted by molar-refractivity contribution is 5.65. The molecule has 2 aromatic rings. The van der Waals surface area contributed by atoms with Crippen molar-refractivity contribution in [3.8, 4) is 5.75 Å². The highest BCUT2D eigenvalue weighted by Crippen LogP contribution is 2.27. The van der Waals surface area contributed by atoms with E-state index in [2.05, 4.69) is 35.8 Å². The second kappa shape index (κ2) is 9.65. The molecule has 1 aliphatic heterocycles. The van der Waals surface area contributed by atoms with Crippen LogP contribution in [0.4, 0.5) is 10.5 Å². The van der Waals surface area contributed by atoms with Crippen LogP contribution in [0.25, 0.3) is 0 Å². The maximum Gasteiger partial charge on any atom is 0.405 e. The van der Waals surface area contributed by atoms with E-state index in [4.69, 9.17) is 15.2 Å². The van der Waals surface area contributed by atoms with E-state index in [-0.39, 0.29) is 6.10 Å². The van der Waals surface area contributed by atoms with Gasteiger partial charge < -0.3 is 20.1 Å². The quantitative estimate of drug-likeness (QED) is 0.769. The molecule has 0 bridgehead atoms. The molecule has 2 unspecified atom stereocenters. The van der Waals surface area contributed by atoms with Crippen LogP contribution in [-0.4, -0.2) is 49.8 Å². The molecule has 1 amide bonds. The van der Waals surface area contributed by atoms with E-state index in [0.717, 1.165) is 30.9 Å². The summed E-state index contributed by atoms with van der Waals surface area (Å²) in [6.45, 7) is 7.23. The Balaban J connectivity index is 1.63. The number of nitrogens with zero attached hydrogens (tertiary/aromatic N) is 2. The normalized spacial score (nSPS) is 20.9. The van der Waals surface area contributed by atoms with Crippen LogP contribution in [0.3, 0.4) is 0 Å². The zero-order chi connectivity index (χ0) is 20.8. The molecule has 156 valence electrons. The van der Waals surface area contributed by atoms with Gasteiger partial charge in [-0.25, -0.2) is 4.79 Å². The third kappa shape index (κ3) is 5.41. The van der Waals surface area contributed by atoms with Gasteiger partial charge in [-0.1, -0.05) is 30.3 Å². The Kier molecular flexibility index (Phi) is 6.99. The number of piperazine rings is 1. The van der Waals surface area contributed by atoms with Crippen LogP contribution in [0.1, 0.15) is 31.9 Å². The van der Waals surface area contributed by atoms with E-state index >= 15 is 0 Å². The van der Waals surface area contributed by atoms with Gasteiger partial charge in [0, 0.05) is 43.8 Å². The van der Waals surface area contributed by atoms with Crippen molar-refractivity contribution in [2.45, 2.75) is 38.5 Å². The number of ether oxygens (including phenoxy) is 2. The first-order valence-corrected chi connectivity index (χ1v) is 10.1. The largest absolute Gasteiger partial charge is 0.497 e. The van der Waals surface area contributed by atoms with E-state index in [1.54, 1.807) is 7.11 Å². The summed E-state index contributed by atoms with van der Waals surface area (Å²) < 4.78 is 10.7. The number of nitrogens with two attached hydrogens (primary N) is 1. The first-order valence-electron chi connectivity index (χ1n) is 10.1. The fourth-order valence-corrected chi connectivity index (χ4v) is 4.17. The average molecular weight is 398 g/mol. The van der Waals surface area contributed by atoms with Crippen LogP contribution < -0.4 is 15.4 Å². The van der Waals surface area contributed by atoms with E-state index in [1.165, 1.54) is 5.69 Å². The first-order chi connectivity index (χ1) is 14.0. The van der Waals surface area contributed by atoms with Crippen LogP contribution >= 0.6 is 0 Å².